The Kier molecular flexibility index (Phi) is 6.92. The molecule has 2 heterocycles. The topological polar surface area (TPSA) is 94.5 Å². The predicted molar refractivity (Wildman–Crippen MR) is 133 cm³/mol. The number of nitriles is 1. The number of halogens is 1. The average Bonchev–Trinajstić information content (AvgIpc) is 3.37. The van der Waals surface area contributed by atoms with Gasteiger partial charge in [0.25, 0.3) is 5.91 Å². The largest absolute Gasteiger partial charge is 0.379 e. The predicted octanol–water partition coefficient (Wildman–Crippen LogP) is 4.84. The molecule has 8 heteroatoms. The number of piperidine rings is 1. The van der Waals surface area contributed by atoms with Gasteiger partial charge in [0.05, 0.1) is 24.3 Å². The van der Waals surface area contributed by atoms with E-state index in [0.29, 0.717) is 54.6 Å². The standard InChI is InChI=1S/C28H31FN4O3/c29-28(22-7-4-19(17-30)5-8-22)11-13-33(14-12-28)26(34)21-6-9-24(20-2-1-3-20)25(16-21)32-27(35)31-23-10-15-36-18-23/h4-9,16,20,23H,1-3,10-15,18H2,(H2,31,32,35). The number of rotatable bonds is 5. The van der Waals surface area contributed by atoms with Crippen LogP contribution in [-0.2, 0) is 10.4 Å². The van der Waals surface area contributed by atoms with Gasteiger partial charge in [-0.15, -0.1) is 0 Å². The number of amides is 3. The minimum absolute atomic E-state index is 0.00705. The zero-order valence-electron chi connectivity index (χ0n) is 20.3. The Bertz CT molecular complexity index is 1160. The lowest BCUT2D eigenvalue weighted by Crippen LogP contribution is -2.43. The van der Waals surface area contributed by atoms with Gasteiger partial charge in [-0.3, -0.25) is 4.79 Å². The second-order valence-electron chi connectivity index (χ2n) is 10.0. The molecule has 1 unspecified atom stereocenters. The summed E-state index contributed by atoms with van der Waals surface area (Å²) in [5.74, 6) is 0.221. The fourth-order valence-electron chi connectivity index (χ4n) is 5.24. The van der Waals surface area contributed by atoms with Crippen LogP contribution in [0, 0.1) is 11.3 Å². The second kappa shape index (κ2) is 10.3. The Hall–Kier alpha value is -3.44. The smallest absolute Gasteiger partial charge is 0.319 e. The van der Waals surface area contributed by atoms with E-state index in [-0.39, 0.29) is 30.8 Å². The summed E-state index contributed by atoms with van der Waals surface area (Å²) in [5.41, 5.74) is 1.73. The van der Waals surface area contributed by atoms with Crippen molar-refractivity contribution in [3.63, 3.8) is 0 Å². The number of benzene rings is 2. The normalized spacial score (nSPS) is 21.3. The van der Waals surface area contributed by atoms with E-state index < -0.39 is 5.67 Å². The van der Waals surface area contributed by atoms with Crippen molar-refractivity contribution in [1.29, 1.82) is 5.26 Å². The van der Waals surface area contributed by atoms with Gasteiger partial charge in [-0.05, 0) is 60.6 Å². The van der Waals surface area contributed by atoms with E-state index in [1.165, 1.54) is 0 Å². The van der Waals surface area contributed by atoms with Crippen LogP contribution >= 0.6 is 0 Å². The molecular formula is C28H31FN4O3. The quantitative estimate of drug-likeness (QED) is 0.627. The molecule has 3 fully saturated rings. The summed E-state index contributed by atoms with van der Waals surface area (Å²) in [6, 6.07) is 13.9. The number of anilines is 1. The summed E-state index contributed by atoms with van der Waals surface area (Å²) in [6.45, 7) is 1.74. The Morgan fingerprint density at radius 2 is 1.83 bits per heavy atom. The lowest BCUT2D eigenvalue weighted by Gasteiger charge is -2.37. The van der Waals surface area contributed by atoms with E-state index in [9.17, 15) is 9.59 Å². The van der Waals surface area contributed by atoms with Crippen molar-refractivity contribution < 1.29 is 18.7 Å². The summed E-state index contributed by atoms with van der Waals surface area (Å²) in [6.07, 6.45) is 4.48. The van der Waals surface area contributed by atoms with Gasteiger partial charge in [0.2, 0.25) is 0 Å². The Labute approximate surface area is 210 Å². The van der Waals surface area contributed by atoms with Crippen LogP contribution < -0.4 is 10.6 Å². The first-order valence-corrected chi connectivity index (χ1v) is 12.7. The zero-order chi connectivity index (χ0) is 25.1. The summed E-state index contributed by atoms with van der Waals surface area (Å²) in [7, 11) is 0. The fraction of sp³-hybridized carbons (Fsp3) is 0.464. The molecule has 7 nitrogen and oxygen atoms in total. The first-order chi connectivity index (χ1) is 17.4. The third-order valence-corrected chi connectivity index (χ3v) is 7.73. The molecule has 5 rings (SSSR count). The highest BCUT2D eigenvalue weighted by Crippen LogP contribution is 2.41. The van der Waals surface area contributed by atoms with Crippen LogP contribution in [0.5, 0.6) is 0 Å². The molecule has 1 aliphatic carbocycles. The molecule has 2 aliphatic heterocycles. The van der Waals surface area contributed by atoms with Crippen molar-refractivity contribution >= 4 is 17.6 Å². The molecule has 0 radical (unpaired) electrons. The fourth-order valence-corrected chi connectivity index (χ4v) is 5.24. The molecule has 0 bridgehead atoms. The van der Waals surface area contributed by atoms with E-state index in [0.717, 1.165) is 31.2 Å². The zero-order valence-corrected chi connectivity index (χ0v) is 20.3. The van der Waals surface area contributed by atoms with Gasteiger partial charge in [0.1, 0.15) is 5.67 Å². The van der Waals surface area contributed by atoms with Crippen LogP contribution in [0.4, 0.5) is 14.9 Å². The number of carbonyl (C=O) groups excluding carboxylic acids is 2. The van der Waals surface area contributed by atoms with Gasteiger partial charge in [0, 0.05) is 43.8 Å². The van der Waals surface area contributed by atoms with Crippen LogP contribution in [0.25, 0.3) is 0 Å². The third-order valence-electron chi connectivity index (χ3n) is 7.73. The van der Waals surface area contributed by atoms with Gasteiger partial charge in [-0.25, -0.2) is 9.18 Å². The van der Waals surface area contributed by atoms with Crippen molar-refractivity contribution in [3.05, 3.63) is 64.7 Å². The number of ether oxygens (including phenoxy) is 1. The highest BCUT2D eigenvalue weighted by atomic mass is 19.1. The van der Waals surface area contributed by atoms with E-state index in [1.54, 1.807) is 35.2 Å². The molecule has 3 aliphatic rings. The van der Waals surface area contributed by atoms with Gasteiger partial charge in [-0.1, -0.05) is 24.6 Å². The highest BCUT2D eigenvalue weighted by Gasteiger charge is 2.38. The van der Waals surface area contributed by atoms with Crippen molar-refractivity contribution in [2.45, 2.75) is 56.2 Å². The molecule has 0 aromatic heterocycles. The second-order valence-corrected chi connectivity index (χ2v) is 10.0. The SMILES string of the molecule is N#Cc1ccc(C2(F)CCN(C(=O)c3ccc(C4CCC4)c(NC(=O)NC4CCOC4)c3)CC2)cc1. The van der Waals surface area contributed by atoms with Crippen molar-refractivity contribution in [1.82, 2.24) is 10.2 Å². The molecule has 1 atom stereocenters. The first-order valence-electron chi connectivity index (χ1n) is 12.7. The van der Waals surface area contributed by atoms with E-state index in [1.807, 2.05) is 12.1 Å². The molecular weight excluding hydrogens is 459 g/mol. The molecule has 2 saturated heterocycles. The summed E-state index contributed by atoms with van der Waals surface area (Å²) >= 11 is 0. The van der Waals surface area contributed by atoms with Gasteiger partial charge < -0.3 is 20.3 Å². The Morgan fingerprint density at radius 1 is 1.08 bits per heavy atom. The molecule has 3 amide bonds. The monoisotopic (exact) mass is 490 g/mol. The maximum atomic E-state index is 15.7. The number of nitrogens with zero attached hydrogens (tertiary/aromatic N) is 2. The molecule has 2 N–H and O–H groups in total. The average molecular weight is 491 g/mol. The first kappa shape index (κ1) is 24.3. The minimum atomic E-state index is -1.52. The number of alkyl halides is 1. The number of carbonyl (C=O) groups is 2. The summed E-state index contributed by atoms with van der Waals surface area (Å²) < 4.78 is 21.0. The summed E-state index contributed by atoms with van der Waals surface area (Å²) in [5, 5.41) is 14.9. The third kappa shape index (κ3) is 5.07. The molecule has 0 spiro atoms. The van der Waals surface area contributed by atoms with Gasteiger partial charge >= 0.3 is 6.03 Å². The Balaban J connectivity index is 1.27. The number of urea groups is 1. The van der Waals surface area contributed by atoms with Crippen molar-refractivity contribution in [2.24, 2.45) is 0 Å². The van der Waals surface area contributed by atoms with E-state index in [4.69, 9.17) is 10.00 Å². The van der Waals surface area contributed by atoms with Crippen LogP contribution in [0.1, 0.15) is 71.5 Å². The van der Waals surface area contributed by atoms with Crippen molar-refractivity contribution in [2.75, 3.05) is 31.6 Å². The van der Waals surface area contributed by atoms with Crippen LogP contribution in [0.15, 0.2) is 42.5 Å². The maximum Gasteiger partial charge on any atom is 0.319 e. The van der Waals surface area contributed by atoms with Crippen molar-refractivity contribution in [3.8, 4) is 6.07 Å². The van der Waals surface area contributed by atoms with E-state index in [2.05, 4.69) is 16.7 Å². The lowest BCUT2D eigenvalue weighted by molar-refractivity contribution is 0.0421. The number of hydrogen-bond donors (Lipinski definition) is 2. The molecule has 1 saturated carbocycles. The number of likely N-dealkylation sites (tertiary alicyclic amines) is 1. The molecule has 188 valence electrons. The number of hydrogen-bond acceptors (Lipinski definition) is 4. The van der Waals surface area contributed by atoms with Gasteiger partial charge in [0.15, 0.2) is 0 Å². The lowest BCUT2D eigenvalue weighted by atomic mass is 9.79. The van der Waals surface area contributed by atoms with Crippen LogP contribution in [0.2, 0.25) is 0 Å². The summed E-state index contributed by atoms with van der Waals surface area (Å²) in [4.78, 5) is 27.7. The maximum absolute atomic E-state index is 15.7. The highest BCUT2D eigenvalue weighted by molar-refractivity contribution is 5.97. The molecule has 36 heavy (non-hydrogen) atoms. The van der Waals surface area contributed by atoms with Crippen LogP contribution in [-0.4, -0.2) is 49.2 Å². The minimum Gasteiger partial charge on any atom is -0.379 e. The van der Waals surface area contributed by atoms with Gasteiger partial charge in [-0.2, -0.15) is 5.26 Å². The van der Waals surface area contributed by atoms with Crippen LogP contribution in [0.3, 0.4) is 0 Å². The number of nitrogens with one attached hydrogen (secondary N) is 2. The van der Waals surface area contributed by atoms with E-state index >= 15 is 4.39 Å². The molecule has 2 aromatic carbocycles. The Morgan fingerprint density at radius 3 is 2.44 bits per heavy atom. The molecule has 2 aromatic rings.